The highest BCUT2D eigenvalue weighted by atomic mass is 32.1. The van der Waals surface area contributed by atoms with Crippen LogP contribution in [-0.4, -0.2) is 9.55 Å². The van der Waals surface area contributed by atoms with Crippen LogP contribution < -0.4 is 0 Å². The summed E-state index contributed by atoms with van der Waals surface area (Å²) >= 11 is 5.14. The van der Waals surface area contributed by atoms with Gasteiger partial charge in [-0.1, -0.05) is 13.8 Å². The molecule has 0 saturated carbocycles. The Hall–Kier alpha value is -1.49. The average Bonchev–Trinajstić information content (AvgIpc) is 2.64. The standard InChI is InChI=1S/C12H12F2N2S/c1-7(2)11-6-15-12(17)16(11)8-3-4-9(13)10(14)5-8/h3-7H,1-2H3,(H,15,17). The summed E-state index contributed by atoms with van der Waals surface area (Å²) < 4.78 is 28.3. The van der Waals surface area contributed by atoms with Crippen molar-refractivity contribution in [3.63, 3.8) is 0 Å². The lowest BCUT2D eigenvalue weighted by Crippen LogP contribution is -2.02. The van der Waals surface area contributed by atoms with Gasteiger partial charge in [-0.15, -0.1) is 0 Å². The van der Waals surface area contributed by atoms with E-state index in [-0.39, 0.29) is 5.92 Å². The maximum absolute atomic E-state index is 13.2. The number of nitrogens with zero attached hydrogens (tertiary/aromatic N) is 1. The zero-order valence-electron chi connectivity index (χ0n) is 9.50. The van der Waals surface area contributed by atoms with E-state index in [0.29, 0.717) is 10.5 Å². The van der Waals surface area contributed by atoms with Gasteiger partial charge in [-0.05, 0) is 30.3 Å². The summed E-state index contributed by atoms with van der Waals surface area (Å²) in [6.45, 7) is 4.02. The number of hydrogen-bond acceptors (Lipinski definition) is 1. The second kappa shape index (κ2) is 4.41. The third-order valence-electron chi connectivity index (χ3n) is 2.56. The van der Waals surface area contributed by atoms with Crippen LogP contribution in [0.25, 0.3) is 5.69 Å². The Kier molecular flexibility index (Phi) is 3.11. The fraction of sp³-hybridized carbons (Fsp3) is 0.250. The van der Waals surface area contributed by atoms with E-state index in [1.807, 2.05) is 13.8 Å². The maximum Gasteiger partial charge on any atom is 0.182 e. The van der Waals surface area contributed by atoms with Gasteiger partial charge in [0.1, 0.15) is 0 Å². The SMILES string of the molecule is CC(C)c1c[nH]c(=S)n1-c1ccc(F)c(F)c1. The van der Waals surface area contributed by atoms with Crippen molar-refractivity contribution in [2.45, 2.75) is 19.8 Å². The van der Waals surface area contributed by atoms with Gasteiger partial charge in [-0.2, -0.15) is 0 Å². The van der Waals surface area contributed by atoms with Crippen molar-refractivity contribution < 1.29 is 8.78 Å². The summed E-state index contributed by atoms with van der Waals surface area (Å²) in [6.07, 6.45) is 1.79. The summed E-state index contributed by atoms with van der Waals surface area (Å²) in [7, 11) is 0. The van der Waals surface area contributed by atoms with Crippen molar-refractivity contribution in [1.82, 2.24) is 9.55 Å². The van der Waals surface area contributed by atoms with E-state index in [1.54, 1.807) is 10.8 Å². The average molecular weight is 254 g/mol. The van der Waals surface area contributed by atoms with Crippen LogP contribution >= 0.6 is 12.2 Å². The molecular weight excluding hydrogens is 242 g/mol. The number of aromatic amines is 1. The fourth-order valence-electron chi connectivity index (χ4n) is 1.70. The third-order valence-corrected chi connectivity index (χ3v) is 2.86. The molecule has 2 rings (SSSR count). The number of nitrogens with one attached hydrogen (secondary N) is 1. The third kappa shape index (κ3) is 2.15. The quantitative estimate of drug-likeness (QED) is 0.805. The second-order valence-electron chi connectivity index (χ2n) is 4.11. The molecule has 0 amide bonds. The number of halogens is 2. The molecule has 2 aromatic rings. The molecule has 0 spiro atoms. The van der Waals surface area contributed by atoms with Crippen LogP contribution in [0.15, 0.2) is 24.4 Å². The number of hydrogen-bond donors (Lipinski definition) is 1. The first-order chi connectivity index (χ1) is 8.00. The fourth-order valence-corrected chi connectivity index (χ4v) is 1.97. The van der Waals surface area contributed by atoms with E-state index in [9.17, 15) is 8.78 Å². The zero-order valence-corrected chi connectivity index (χ0v) is 10.3. The Bertz CT molecular complexity index is 599. The van der Waals surface area contributed by atoms with Gasteiger partial charge in [0.15, 0.2) is 16.4 Å². The molecule has 0 aliphatic heterocycles. The van der Waals surface area contributed by atoms with Crippen molar-refractivity contribution in [1.29, 1.82) is 0 Å². The molecule has 5 heteroatoms. The first kappa shape index (κ1) is 12.0. The lowest BCUT2D eigenvalue weighted by Gasteiger charge is -2.11. The Morgan fingerprint density at radius 3 is 2.53 bits per heavy atom. The van der Waals surface area contributed by atoms with Crippen LogP contribution in [0.4, 0.5) is 8.78 Å². The van der Waals surface area contributed by atoms with Crippen LogP contribution in [0.5, 0.6) is 0 Å². The van der Waals surface area contributed by atoms with E-state index < -0.39 is 11.6 Å². The minimum Gasteiger partial charge on any atom is -0.337 e. The van der Waals surface area contributed by atoms with Crippen molar-refractivity contribution in [2.75, 3.05) is 0 Å². The molecular formula is C12H12F2N2S. The van der Waals surface area contributed by atoms with E-state index in [2.05, 4.69) is 4.98 Å². The Morgan fingerprint density at radius 2 is 1.94 bits per heavy atom. The second-order valence-corrected chi connectivity index (χ2v) is 4.49. The largest absolute Gasteiger partial charge is 0.337 e. The number of H-pyrrole nitrogens is 1. The van der Waals surface area contributed by atoms with Crippen LogP contribution in [0, 0.1) is 16.4 Å². The van der Waals surface area contributed by atoms with Crippen LogP contribution in [0.3, 0.4) is 0 Å². The van der Waals surface area contributed by atoms with Gasteiger partial charge in [-0.25, -0.2) is 8.78 Å². The van der Waals surface area contributed by atoms with Crippen LogP contribution in [0.1, 0.15) is 25.5 Å². The lowest BCUT2D eigenvalue weighted by molar-refractivity contribution is 0.507. The molecule has 0 bridgehead atoms. The molecule has 1 heterocycles. The Balaban J connectivity index is 2.63. The molecule has 1 aromatic carbocycles. The smallest absolute Gasteiger partial charge is 0.182 e. The summed E-state index contributed by atoms with van der Waals surface area (Å²) in [6, 6.07) is 3.75. The molecule has 1 aromatic heterocycles. The Labute approximate surface area is 103 Å². The van der Waals surface area contributed by atoms with Gasteiger partial charge in [0.25, 0.3) is 0 Å². The number of aromatic nitrogens is 2. The van der Waals surface area contributed by atoms with Crippen molar-refractivity contribution in [3.8, 4) is 5.69 Å². The molecule has 90 valence electrons. The molecule has 0 unspecified atom stereocenters. The van der Waals surface area contributed by atoms with Gasteiger partial charge >= 0.3 is 0 Å². The highest BCUT2D eigenvalue weighted by molar-refractivity contribution is 7.71. The predicted molar refractivity (Wildman–Crippen MR) is 65.0 cm³/mol. The van der Waals surface area contributed by atoms with Gasteiger partial charge in [0, 0.05) is 18.0 Å². The molecule has 0 aliphatic rings. The van der Waals surface area contributed by atoms with Gasteiger partial charge in [-0.3, -0.25) is 4.57 Å². The molecule has 0 radical (unpaired) electrons. The minimum absolute atomic E-state index is 0.232. The summed E-state index contributed by atoms with van der Waals surface area (Å²) in [5.74, 6) is -1.50. The monoisotopic (exact) mass is 254 g/mol. The molecule has 17 heavy (non-hydrogen) atoms. The summed E-state index contributed by atoms with van der Waals surface area (Å²) in [4.78, 5) is 2.91. The first-order valence-electron chi connectivity index (χ1n) is 5.26. The summed E-state index contributed by atoms with van der Waals surface area (Å²) in [5, 5.41) is 0. The number of imidazole rings is 1. The van der Waals surface area contributed by atoms with Gasteiger partial charge in [0.2, 0.25) is 0 Å². The van der Waals surface area contributed by atoms with Gasteiger partial charge in [0.05, 0.1) is 5.69 Å². The zero-order chi connectivity index (χ0) is 12.6. The highest BCUT2D eigenvalue weighted by Gasteiger charge is 2.11. The van der Waals surface area contributed by atoms with E-state index in [0.717, 1.165) is 17.8 Å². The molecule has 2 nitrogen and oxygen atoms in total. The summed E-state index contributed by atoms with van der Waals surface area (Å²) in [5.41, 5.74) is 1.46. The first-order valence-corrected chi connectivity index (χ1v) is 5.67. The number of benzene rings is 1. The van der Waals surface area contributed by atoms with E-state index in [4.69, 9.17) is 12.2 Å². The van der Waals surface area contributed by atoms with Crippen LogP contribution in [0.2, 0.25) is 0 Å². The van der Waals surface area contributed by atoms with E-state index in [1.165, 1.54) is 6.07 Å². The molecule has 0 atom stereocenters. The number of rotatable bonds is 2. The predicted octanol–water partition coefficient (Wildman–Crippen LogP) is 3.94. The molecule has 1 N–H and O–H groups in total. The highest BCUT2D eigenvalue weighted by Crippen LogP contribution is 2.21. The van der Waals surface area contributed by atoms with Crippen molar-refractivity contribution in [3.05, 3.63) is 46.5 Å². The minimum atomic E-state index is -0.875. The Morgan fingerprint density at radius 1 is 1.24 bits per heavy atom. The van der Waals surface area contributed by atoms with Crippen molar-refractivity contribution >= 4 is 12.2 Å². The maximum atomic E-state index is 13.2. The molecule has 0 fully saturated rings. The topological polar surface area (TPSA) is 20.7 Å². The molecule has 0 aliphatic carbocycles. The van der Waals surface area contributed by atoms with Crippen LogP contribution in [-0.2, 0) is 0 Å². The normalized spacial score (nSPS) is 11.1. The lowest BCUT2D eigenvalue weighted by atomic mass is 10.1. The van der Waals surface area contributed by atoms with Gasteiger partial charge < -0.3 is 4.98 Å². The van der Waals surface area contributed by atoms with Crippen molar-refractivity contribution in [2.24, 2.45) is 0 Å². The van der Waals surface area contributed by atoms with E-state index >= 15 is 0 Å². The molecule has 0 saturated heterocycles.